The molecule has 2 N–H and O–H groups in total. The zero-order chi connectivity index (χ0) is 17.3. The molecule has 1 saturated heterocycles. The highest BCUT2D eigenvalue weighted by Gasteiger charge is 2.36. The number of nitrogens with two attached hydrogens (primary N) is 1. The highest BCUT2D eigenvalue weighted by molar-refractivity contribution is 5.95. The number of rotatable bonds is 3. The standard InChI is InChI=1S/C18H20N4O2/c1-11-9-22(10-15(11)16(19)23)18(24)14-8-20-17(21-12(14)2)13-6-4-3-5-7-13/h3-8,11,15H,9-10H2,1-2H3,(H2,19,23)/t11-,15-/m1/s1. The molecule has 2 heterocycles. The van der Waals surface area contributed by atoms with Crippen molar-refractivity contribution in [3.05, 3.63) is 47.8 Å². The van der Waals surface area contributed by atoms with Gasteiger partial charge in [-0.15, -0.1) is 0 Å². The van der Waals surface area contributed by atoms with Gasteiger partial charge in [-0.05, 0) is 12.8 Å². The molecule has 1 aromatic heterocycles. The van der Waals surface area contributed by atoms with Crippen LogP contribution in [0.3, 0.4) is 0 Å². The van der Waals surface area contributed by atoms with Crippen LogP contribution in [0.5, 0.6) is 0 Å². The van der Waals surface area contributed by atoms with Crippen molar-refractivity contribution in [2.45, 2.75) is 13.8 Å². The van der Waals surface area contributed by atoms with E-state index in [2.05, 4.69) is 9.97 Å². The third-order valence-corrected chi connectivity index (χ3v) is 4.51. The minimum atomic E-state index is -0.356. The second kappa shape index (κ2) is 6.39. The van der Waals surface area contributed by atoms with Crippen molar-refractivity contribution < 1.29 is 9.59 Å². The van der Waals surface area contributed by atoms with E-state index in [9.17, 15) is 9.59 Å². The molecule has 3 rings (SSSR count). The number of primary amides is 1. The molecule has 1 aliphatic heterocycles. The average Bonchev–Trinajstić information content (AvgIpc) is 2.97. The molecule has 6 nitrogen and oxygen atoms in total. The Morgan fingerprint density at radius 2 is 1.92 bits per heavy atom. The summed E-state index contributed by atoms with van der Waals surface area (Å²) >= 11 is 0. The smallest absolute Gasteiger partial charge is 0.257 e. The molecule has 2 amide bonds. The molecule has 1 aliphatic rings. The van der Waals surface area contributed by atoms with Crippen molar-refractivity contribution in [3.63, 3.8) is 0 Å². The van der Waals surface area contributed by atoms with Crippen LogP contribution >= 0.6 is 0 Å². The summed E-state index contributed by atoms with van der Waals surface area (Å²) in [6.45, 7) is 4.61. The summed E-state index contributed by atoms with van der Waals surface area (Å²) in [4.78, 5) is 34.6. The van der Waals surface area contributed by atoms with Crippen LogP contribution in [0.15, 0.2) is 36.5 Å². The number of amides is 2. The Balaban J connectivity index is 1.83. The molecule has 124 valence electrons. The maximum atomic E-state index is 12.7. The van der Waals surface area contributed by atoms with E-state index in [1.54, 1.807) is 18.0 Å². The fourth-order valence-corrected chi connectivity index (χ4v) is 3.08. The number of hydrogen-bond donors (Lipinski definition) is 1. The molecule has 2 atom stereocenters. The molecule has 1 fully saturated rings. The quantitative estimate of drug-likeness (QED) is 0.929. The summed E-state index contributed by atoms with van der Waals surface area (Å²) in [6, 6.07) is 9.62. The van der Waals surface area contributed by atoms with Gasteiger partial charge in [0.2, 0.25) is 5.91 Å². The van der Waals surface area contributed by atoms with Gasteiger partial charge in [0.25, 0.3) is 5.91 Å². The molecular weight excluding hydrogens is 304 g/mol. The fraction of sp³-hybridized carbons (Fsp3) is 0.333. The van der Waals surface area contributed by atoms with Crippen LogP contribution in [0.4, 0.5) is 0 Å². The Kier molecular flexibility index (Phi) is 4.29. The van der Waals surface area contributed by atoms with E-state index in [0.717, 1.165) is 5.56 Å². The average molecular weight is 324 g/mol. The van der Waals surface area contributed by atoms with Gasteiger partial charge in [0, 0.05) is 24.8 Å². The Hall–Kier alpha value is -2.76. The van der Waals surface area contributed by atoms with Crippen molar-refractivity contribution in [3.8, 4) is 11.4 Å². The van der Waals surface area contributed by atoms with Crippen LogP contribution in [0, 0.1) is 18.8 Å². The first kappa shape index (κ1) is 16.1. The summed E-state index contributed by atoms with van der Waals surface area (Å²) in [5.41, 5.74) is 7.40. The Morgan fingerprint density at radius 1 is 1.21 bits per heavy atom. The summed E-state index contributed by atoms with van der Waals surface area (Å²) in [7, 11) is 0. The minimum Gasteiger partial charge on any atom is -0.369 e. The van der Waals surface area contributed by atoms with E-state index in [1.165, 1.54) is 0 Å². The third-order valence-electron chi connectivity index (χ3n) is 4.51. The number of carbonyl (C=O) groups is 2. The van der Waals surface area contributed by atoms with Crippen LogP contribution < -0.4 is 5.73 Å². The summed E-state index contributed by atoms with van der Waals surface area (Å²) in [5.74, 6) is -0.141. The molecular formula is C18H20N4O2. The van der Waals surface area contributed by atoms with Crippen LogP contribution in [0.2, 0.25) is 0 Å². The van der Waals surface area contributed by atoms with Crippen molar-refractivity contribution in [1.82, 2.24) is 14.9 Å². The predicted octanol–water partition coefficient (Wildman–Crippen LogP) is 1.65. The molecule has 0 saturated carbocycles. The Bertz CT molecular complexity index is 776. The number of nitrogens with zero attached hydrogens (tertiary/aromatic N) is 3. The molecule has 0 radical (unpaired) electrons. The SMILES string of the molecule is Cc1nc(-c2ccccc2)ncc1C(=O)N1C[C@@H](C)[C@H](C(N)=O)C1. The van der Waals surface area contributed by atoms with Gasteiger partial charge in [-0.3, -0.25) is 9.59 Å². The first-order valence-corrected chi connectivity index (χ1v) is 7.95. The highest BCUT2D eigenvalue weighted by Crippen LogP contribution is 2.25. The Morgan fingerprint density at radius 3 is 2.50 bits per heavy atom. The molecule has 0 unspecified atom stereocenters. The van der Waals surface area contributed by atoms with Gasteiger partial charge < -0.3 is 10.6 Å². The molecule has 2 aromatic rings. The maximum absolute atomic E-state index is 12.7. The van der Waals surface area contributed by atoms with E-state index in [-0.39, 0.29) is 23.7 Å². The van der Waals surface area contributed by atoms with Gasteiger partial charge in [-0.1, -0.05) is 37.3 Å². The zero-order valence-corrected chi connectivity index (χ0v) is 13.8. The predicted molar refractivity (Wildman–Crippen MR) is 90.0 cm³/mol. The van der Waals surface area contributed by atoms with E-state index in [0.29, 0.717) is 30.2 Å². The van der Waals surface area contributed by atoms with Gasteiger partial charge in [0.05, 0.1) is 17.2 Å². The summed E-state index contributed by atoms with van der Waals surface area (Å²) in [6.07, 6.45) is 1.56. The minimum absolute atomic E-state index is 0.0660. The van der Waals surface area contributed by atoms with E-state index < -0.39 is 0 Å². The number of benzene rings is 1. The largest absolute Gasteiger partial charge is 0.369 e. The van der Waals surface area contributed by atoms with Crippen molar-refractivity contribution in [1.29, 1.82) is 0 Å². The van der Waals surface area contributed by atoms with E-state index >= 15 is 0 Å². The molecule has 0 bridgehead atoms. The lowest BCUT2D eigenvalue weighted by Gasteiger charge is -2.17. The van der Waals surface area contributed by atoms with Gasteiger partial charge >= 0.3 is 0 Å². The first-order chi connectivity index (χ1) is 11.5. The monoisotopic (exact) mass is 324 g/mol. The lowest BCUT2D eigenvalue weighted by atomic mass is 9.98. The summed E-state index contributed by atoms with van der Waals surface area (Å²) in [5, 5.41) is 0. The van der Waals surface area contributed by atoms with E-state index in [1.807, 2.05) is 37.3 Å². The molecule has 1 aromatic carbocycles. The van der Waals surface area contributed by atoms with Gasteiger partial charge in [0.15, 0.2) is 5.82 Å². The van der Waals surface area contributed by atoms with Crippen molar-refractivity contribution in [2.24, 2.45) is 17.6 Å². The lowest BCUT2D eigenvalue weighted by molar-refractivity contribution is -0.122. The summed E-state index contributed by atoms with van der Waals surface area (Å²) < 4.78 is 0. The van der Waals surface area contributed by atoms with Crippen LogP contribution in [-0.2, 0) is 4.79 Å². The van der Waals surface area contributed by atoms with E-state index in [4.69, 9.17) is 5.73 Å². The normalized spacial score (nSPS) is 20.2. The number of carbonyl (C=O) groups excluding carboxylic acids is 2. The van der Waals surface area contributed by atoms with Crippen molar-refractivity contribution >= 4 is 11.8 Å². The topological polar surface area (TPSA) is 89.2 Å². The van der Waals surface area contributed by atoms with Crippen LogP contribution in [0.25, 0.3) is 11.4 Å². The number of aromatic nitrogens is 2. The number of likely N-dealkylation sites (tertiary alicyclic amines) is 1. The molecule has 0 aliphatic carbocycles. The second-order valence-electron chi connectivity index (χ2n) is 6.26. The highest BCUT2D eigenvalue weighted by atomic mass is 16.2. The third kappa shape index (κ3) is 2.99. The molecule has 0 spiro atoms. The molecule has 6 heteroatoms. The second-order valence-corrected chi connectivity index (χ2v) is 6.26. The first-order valence-electron chi connectivity index (χ1n) is 7.95. The van der Waals surface area contributed by atoms with Gasteiger partial charge in [0.1, 0.15) is 0 Å². The van der Waals surface area contributed by atoms with Crippen LogP contribution in [-0.4, -0.2) is 39.8 Å². The number of aryl methyl sites for hydroxylation is 1. The van der Waals surface area contributed by atoms with Gasteiger partial charge in [-0.25, -0.2) is 9.97 Å². The molecule has 24 heavy (non-hydrogen) atoms. The van der Waals surface area contributed by atoms with Gasteiger partial charge in [-0.2, -0.15) is 0 Å². The van der Waals surface area contributed by atoms with Crippen LogP contribution in [0.1, 0.15) is 23.0 Å². The zero-order valence-electron chi connectivity index (χ0n) is 13.8. The number of hydrogen-bond acceptors (Lipinski definition) is 4. The maximum Gasteiger partial charge on any atom is 0.257 e. The van der Waals surface area contributed by atoms with Crippen molar-refractivity contribution in [2.75, 3.05) is 13.1 Å². The fourth-order valence-electron chi connectivity index (χ4n) is 3.08. The Labute approximate surface area is 140 Å². The lowest BCUT2D eigenvalue weighted by Crippen LogP contribution is -2.32.